The van der Waals surface area contributed by atoms with Crippen LogP contribution in [0.1, 0.15) is 5.56 Å². The van der Waals surface area contributed by atoms with Gasteiger partial charge in [-0.3, -0.25) is 14.8 Å². The Morgan fingerprint density at radius 3 is 2.69 bits per heavy atom. The number of aromatic nitrogens is 3. The SMILES string of the molecule is COc1ccc(F)cc1CN1CCN(Cn2nc(-c3cccnc3)oc2=S)CC1. The zero-order valence-electron chi connectivity index (χ0n) is 16.1. The van der Waals surface area contributed by atoms with Gasteiger partial charge in [0, 0.05) is 50.7 Å². The fourth-order valence-electron chi connectivity index (χ4n) is 3.39. The summed E-state index contributed by atoms with van der Waals surface area (Å²) in [6, 6.07) is 8.35. The molecule has 0 saturated carbocycles. The Balaban J connectivity index is 1.36. The van der Waals surface area contributed by atoms with E-state index < -0.39 is 0 Å². The van der Waals surface area contributed by atoms with Crippen molar-refractivity contribution in [2.75, 3.05) is 33.3 Å². The molecule has 152 valence electrons. The quantitative estimate of drug-likeness (QED) is 0.573. The largest absolute Gasteiger partial charge is 0.496 e. The molecule has 3 heterocycles. The molecule has 0 N–H and O–H groups in total. The number of pyridine rings is 1. The van der Waals surface area contributed by atoms with Crippen LogP contribution in [0.4, 0.5) is 4.39 Å². The minimum absolute atomic E-state index is 0.246. The first-order chi connectivity index (χ1) is 14.1. The van der Waals surface area contributed by atoms with Crippen LogP contribution in [0.3, 0.4) is 0 Å². The molecule has 1 aliphatic heterocycles. The first-order valence-electron chi connectivity index (χ1n) is 9.38. The Morgan fingerprint density at radius 1 is 1.17 bits per heavy atom. The molecule has 0 bridgehead atoms. The van der Waals surface area contributed by atoms with E-state index in [1.807, 2.05) is 12.1 Å². The minimum atomic E-state index is -0.246. The third kappa shape index (κ3) is 4.69. The van der Waals surface area contributed by atoms with Crippen molar-refractivity contribution in [3.8, 4) is 17.2 Å². The van der Waals surface area contributed by atoms with Crippen molar-refractivity contribution in [3.63, 3.8) is 0 Å². The summed E-state index contributed by atoms with van der Waals surface area (Å²) in [5, 5.41) is 4.49. The van der Waals surface area contributed by atoms with Crippen LogP contribution in [0.15, 0.2) is 47.1 Å². The van der Waals surface area contributed by atoms with Crippen LogP contribution in [0.25, 0.3) is 11.5 Å². The highest BCUT2D eigenvalue weighted by atomic mass is 32.1. The number of halogens is 1. The molecule has 3 aromatic rings. The first kappa shape index (κ1) is 19.7. The Hall–Kier alpha value is -2.62. The molecule has 0 radical (unpaired) electrons. The number of ether oxygens (including phenoxy) is 1. The standard InChI is InChI=1S/C20H22FN5O2S/c1-27-18-5-4-17(21)11-16(18)13-24-7-9-25(10-8-24)14-26-20(29)28-19(23-26)15-3-2-6-22-12-15/h2-6,11-12H,7-10,13-14H2,1H3. The molecule has 1 aromatic carbocycles. The molecule has 1 saturated heterocycles. The first-order valence-corrected chi connectivity index (χ1v) is 9.78. The predicted molar refractivity (Wildman–Crippen MR) is 108 cm³/mol. The number of rotatable bonds is 6. The summed E-state index contributed by atoms with van der Waals surface area (Å²) >= 11 is 5.32. The van der Waals surface area contributed by atoms with Gasteiger partial charge in [-0.05, 0) is 42.5 Å². The molecular weight excluding hydrogens is 393 g/mol. The number of nitrogens with zero attached hydrogens (tertiary/aromatic N) is 5. The third-order valence-corrected chi connectivity index (χ3v) is 5.24. The summed E-state index contributed by atoms with van der Waals surface area (Å²) < 4.78 is 26.3. The zero-order valence-corrected chi connectivity index (χ0v) is 16.9. The highest BCUT2D eigenvalue weighted by Crippen LogP contribution is 2.22. The molecule has 0 amide bonds. The van der Waals surface area contributed by atoms with E-state index in [0.717, 1.165) is 37.3 Å². The van der Waals surface area contributed by atoms with E-state index in [9.17, 15) is 4.39 Å². The second kappa shape index (κ2) is 8.81. The highest BCUT2D eigenvalue weighted by Gasteiger charge is 2.20. The van der Waals surface area contributed by atoms with Crippen LogP contribution in [-0.2, 0) is 13.2 Å². The molecule has 0 unspecified atom stereocenters. The van der Waals surface area contributed by atoms with E-state index >= 15 is 0 Å². The van der Waals surface area contributed by atoms with Gasteiger partial charge in [0.25, 0.3) is 4.84 Å². The van der Waals surface area contributed by atoms with Gasteiger partial charge in [0.15, 0.2) is 0 Å². The average molecular weight is 415 g/mol. The lowest BCUT2D eigenvalue weighted by Crippen LogP contribution is -2.46. The Kier molecular flexibility index (Phi) is 5.98. The Labute approximate surface area is 173 Å². The van der Waals surface area contributed by atoms with Crippen LogP contribution in [-0.4, -0.2) is 57.9 Å². The monoisotopic (exact) mass is 415 g/mol. The van der Waals surface area contributed by atoms with Gasteiger partial charge in [0.1, 0.15) is 11.6 Å². The van der Waals surface area contributed by atoms with Crippen LogP contribution >= 0.6 is 12.2 Å². The number of hydrogen-bond acceptors (Lipinski definition) is 7. The van der Waals surface area contributed by atoms with Crippen molar-refractivity contribution in [2.45, 2.75) is 13.2 Å². The molecule has 29 heavy (non-hydrogen) atoms. The molecule has 0 aliphatic carbocycles. The van der Waals surface area contributed by atoms with E-state index in [4.69, 9.17) is 21.4 Å². The van der Waals surface area contributed by atoms with Crippen LogP contribution in [0.5, 0.6) is 5.75 Å². The van der Waals surface area contributed by atoms with Gasteiger partial charge in [-0.1, -0.05) is 0 Å². The van der Waals surface area contributed by atoms with Crippen molar-refractivity contribution in [1.29, 1.82) is 0 Å². The summed E-state index contributed by atoms with van der Waals surface area (Å²) in [7, 11) is 1.61. The van der Waals surface area contributed by atoms with Crippen molar-refractivity contribution in [3.05, 3.63) is 58.9 Å². The van der Waals surface area contributed by atoms with Gasteiger partial charge in [0.05, 0.1) is 19.3 Å². The molecular formula is C20H22FN5O2S. The summed E-state index contributed by atoms with van der Waals surface area (Å²) in [5.74, 6) is 0.940. The van der Waals surface area contributed by atoms with Crippen LogP contribution in [0.2, 0.25) is 0 Å². The molecule has 1 aliphatic rings. The molecule has 9 heteroatoms. The van der Waals surface area contributed by atoms with Gasteiger partial charge in [0.2, 0.25) is 5.89 Å². The molecule has 0 spiro atoms. The van der Waals surface area contributed by atoms with E-state index in [0.29, 0.717) is 29.7 Å². The summed E-state index contributed by atoms with van der Waals surface area (Å²) in [5.41, 5.74) is 1.66. The van der Waals surface area contributed by atoms with Crippen LogP contribution < -0.4 is 4.74 Å². The predicted octanol–water partition coefficient (Wildman–Crippen LogP) is 3.19. The van der Waals surface area contributed by atoms with Gasteiger partial charge in [-0.2, -0.15) is 0 Å². The lowest BCUT2D eigenvalue weighted by molar-refractivity contribution is 0.0968. The average Bonchev–Trinajstić information content (AvgIpc) is 3.11. The lowest BCUT2D eigenvalue weighted by atomic mass is 10.1. The number of piperazine rings is 1. The summed E-state index contributed by atoms with van der Waals surface area (Å²) in [4.78, 5) is 8.98. The van der Waals surface area contributed by atoms with E-state index in [1.165, 1.54) is 6.07 Å². The number of hydrogen-bond donors (Lipinski definition) is 0. The van der Waals surface area contributed by atoms with Crippen LogP contribution in [0, 0.1) is 10.7 Å². The van der Waals surface area contributed by atoms with E-state index in [1.54, 1.807) is 36.3 Å². The second-order valence-corrected chi connectivity index (χ2v) is 7.26. The zero-order chi connectivity index (χ0) is 20.2. The normalized spacial score (nSPS) is 15.5. The summed E-state index contributed by atoms with van der Waals surface area (Å²) in [6.07, 6.45) is 3.40. The maximum absolute atomic E-state index is 13.6. The van der Waals surface area contributed by atoms with Gasteiger partial charge >= 0.3 is 0 Å². The van der Waals surface area contributed by atoms with E-state index in [2.05, 4.69) is 19.9 Å². The van der Waals surface area contributed by atoms with E-state index in [-0.39, 0.29) is 5.82 Å². The molecule has 7 nitrogen and oxygen atoms in total. The fraction of sp³-hybridized carbons (Fsp3) is 0.350. The highest BCUT2D eigenvalue weighted by molar-refractivity contribution is 7.71. The van der Waals surface area contributed by atoms with Gasteiger partial charge < -0.3 is 9.15 Å². The van der Waals surface area contributed by atoms with Crippen molar-refractivity contribution >= 4 is 12.2 Å². The number of methoxy groups -OCH3 is 1. The molecule has 4 rings (SSSR count). The molecule has 2 aromatic heterocycles. The maximum Gasteiger partial charge on any atom is 0.288 e. The van der Waals surface area contributed by atoms with Gasteiger partial charge in [-0.15, -0.1) is 5.10 Å². The van der Waals surface area contributed by atoms with Crippen molar-refractivity contribution in [1.82, 2.24) is 24.6 Å². The molecule has 0 atom stereocenters. The second-order valence-electron chi connectivity index (χ2n) is 6.91. The lowest BCUT2D eigenvalue weighted by Gasteiger charge is -2.34. The summed E-state index contributed by atoms with van der Waals surface area (Å²) in [6.45, 7) is 4.66. The fourth-order valence-corrected chi connectivity index (χ4v) is 3.57. The molecule has 1 fully saturated rings. The topological polar surface area (TPSA) is 59.6 Å². The van der Waals surface area contributed by atoms with Crippen molar-refractivity contribution < 1.29 is 13.5 Å². The van der Waals surface area contributed by atoms with Crippen molar-refractivity contribution in [2.24, 2.45) is 0 Å². The Bertz CT molecular complexity index is 1020. The number of benzene rings is 1. The Morgan fingerprint density at radius 2 is 1.97 bits per heavy atom. The smallest absolute Gasteiger partial charge is 0.288 e. The minimum Gasteiger partial charge on any atom is -0.496 e. The van der Waals surface area contributed by atoms with Gasteiger partial charge in [-0.25, -0.2) is 9.07 Å². The maximum atomic E-state index is 13.6. The third-order valence-electron chi connectivity index (χ3n) is 4.95.